The number of halogens is 1. The smallest absolute Gasteiger partial charge is 0.243 e. The van der Waals surface area contributed by atoms with Crippen molar-refractivity contribution < 1.29 is 13.2 Å². The molecule has 1 aliphatic rings. The molecule has 5 nitrogen and oxygen atoms in total. The van der Waals surface area contributed by atoms with Crippen LogP contribution in [0.25, 0.3) is 0 Å². The molecule has 1 saturated heterocycles. The predicted octanol–water partition coefficient (Wildman–Crippen LogP) is 2.75. The summed E-state index contributed by atoms with van der Waals surface area (Å²) >= 11 is 5.90. The Morgan fingerprint density at radius 1 is 1.22 bits per heavy atom. The van der Waals surface area contributed by atoms with E-state index in [1.807, 2.05) is 0 Å². The van der Waals surface area contributed by atoms with Crippen LogP contribution in [0.3, 0.4) is 0 Å². The third kappa shape index (κ3) is 4.68. The van der Waals surface area contributed by atoms with Gasteiger partial charge in [-0.05, 0) is 31.0 Å². The van der Waals surface area contributed by atoms with Gasteiger partial charge in [-0.25, -0.2) is 8.42 Å². The Hall–Kier alpha value is -1.11. The summed E-state index contributed by atoms with van der Waals surface area (Å²) in [4.78, 5) is 14.1. The van der Waals surface area contributed by atoms with Gasteiger partial charge in [0.25, 0.3) is 0 Å². The van der Waals surface area contributed by atoms with E-state index >= 15 is 0 Å². The molecule has 0 unspecified atom stereocenters. The predicted molar refractivity (Wildman–Crippen MR) is 90.9 cm³/mol. The van der Waals surface area contributed by atoms with E-state index in [2.05, 4.69) is 6.92 Å². The van der Waals surface area contributed by atoms with Gasteiger partial charge in [0.15, 0.2) is 0 Å². The summed E-state index contributed by atoms with van der Waals surface area (Å²) in [7, 11) is -3.56. The second-order valence-electron chi connectivity index (χ2n) is 5.70. The van der Waals surface area contributed by atoms with Gasteiger partial charge in [0.1, 0.15) is 0 Å². The van der Waals surface area contributed by atoms with Crippen molar-refractivity contribution in [1.29, 1.82) is 0 Å². The van der Waals surface area contributed by atoms with Gasteiger partial charge in [0.05, 0.1) is 4.90 Å². The van der Waals surface area contributed by atoms with Crippen molar-refractivity contribution in [1.82, 2.24) is 9.21 Å². The number of hydrogen-bond donors (Lipinski definition) is 0. The molecule has 2 rings (SSSR count). The van der Waals surface area contributed by atoms with Crippen molar-refractivity contribution in [3.8, 4) is 0 Å². The summed E-state index contributed by atoms with van der Waals surface area (Å²) in [6, 6.07) is 6.30. The summed E-state index contributed by atoms with van der Waals surface area (Å²) < 4.78 is 26.9. The Labute approximate surface area is 143 Å². The lowest BCUT2D eigenvalue weighted by molar-refractivity contribution is -0.131. The van der Waals surface area contributed by atoms with Crippen molar-refractivity contribution in [2.75, 3.05) is 26.2 Å². The molecule has 0 spiro atoms. The lowest BCUT2D eigenvalue weighted by atomic mass is 10.2. The maximum absolute atomic E-state index is 12.7. The van der Waals surface area contributed by atoms with E-state index in [0.717, 1.165) is 12.8 Å². The Kier molecular flexibility index (Phi) is 6.44. The molecule has 0 aliphatic carbocycles. The fourth-order valence-corrected chi connectivity index (χ4v) is 4.42. The minimum atomic E-state index is -3.56. The second kappa shape index (κ2) is 8.13. The van der Waals surface area contributed by atoms with Gasteiger partial charge in [0.2, 0.25) is 15.9 Å². The molecule has 1 aromatic rings. The van der Waals surface area contributed by atoms with Crippen LogP contribution in [0.4, 0.5) is 0 Å². The molecule has 0 radical (unpaired) electrons. The first-order chi connectivity index (χ1) is 10.9. The van der Waals surface area contributed by atoms with Crippen molar-refractivity contribution in [2.45, 2.75) is 37.5 Å². The topological polar surface area (TPSA) is 57.7 Å². The third-order valence-corrected chi connectivity index (χ3v) is 6.12. The zero-order chi connectivity index (χ0) is 16.9. The van der Waals surface area contributed by atoms with Crippen LogP contribution in [0.1, 0.15) is 32.6 Å². The van der Waals surface area contributed by atoms with E-state index < -0.39 is 10.0 Å². The normalized spacial score (nSPS) is 17.0. The van der Waals surface area contributed by atoms with E-state index in [4.69, 9.17) is 11.6 Å². The highest BCUT2D eigenvalue weighted by molar-refractivity contribution is 7.89. The first-order valence-electron chi connectivity index (χ1n) is 7.98. The third-order valence-electron chi connectivity index (χ3n) is 3.99. The Bertz CT molecular complexity index is 648. The molecule has 0 saturated carbocycles. The number of carbonyl (C=O) groups is 1. The standard InChI is InChI=1S/C16H23ClN2O3S/c1-2-3-8-16(20)18-9-5-10-19(12-11-18)23(21,22)15-7-4-6-14(17)13-15/h4,6-7,13H,2-3,5,8-12H2,1H3. The van der Waals surface area contributed by atoms with Gasteiger partial charge in [-0.1, -0.05) is 31.0 Å². The fraction of sp³-hybridized carbons (Fsp3) is 0.562. The zero-order valence-electron chi connectivity index (χ0n) is 13.4. The van der Waals surface area contributed by atoms with E-state index in [-0.39, 0.29) is 10.8 Å². The SMILES string of the molecule is CCCCC(=O)N1CCCN(S(=O)(=O)c2cccc(Cl)c2)CC1. The number of sulfonamides is 1. The number of amides is 1. The van der Waals surface area contributed by atoms with Crippen LogP contribution >= 0.6 is 11.6 Å². The number of carbonyl (C=O) groups excluding carboxylic acids is 1. The van der Waals surface area contributed by atoms with Crippen molar-refractivity contribution in [3.63, 3.8) is 0 Å². The molecule has 23 heavy (non-hydrogen) atoms. The molecule has 0 atom stereocenters. The number of nitrogens with zero attached hydrogens (tertiary/aromatic N) is 2. The highest BCUT2D eigenvalue weighted by atomic mass is 35.5. The van der Waals surface area contributed by atoms with E-state index in [0.29, 0.717) is 44.0 Å². The molecular weight excluding hydrogens is 336 g/mol. The number of hydrogen-bond acceptors (Lipinski definition) is 3. The van der Waals surface area contributed by atoms with Crippen LogP contribution in [0.2, 0.25) is 5.02 Å². The van der Waals surface area contributed by atoms with Gasteiger partial charge in [-0.3, -0.25) is 4.79 Å². The number of rotatable bonds is 5. The maximum Gasteiger partial charge on any atom is 0.243 e. The molecule has 1 amide bonds. The minimum absolute atomic E-state index is 0.119. The summed E-state index contributed by atoms with van der Waals surface area (Å²) in [6.45, 7) is 3.86. The highest BCUT2D eigenvalue weighted by Crippen LogP contribution is 2.21. The van der Waals surface area contributed by atoms with Crippen molar-refractivity contribution in [2.24, 2.45) is 0 Å². The molecule has 0 bridgehead atoms. The average molecular weight is 359 g/mol. The van der Waals surface area contributed by atoms with E-state index in [9.17, 15) is 13.2 Å². The molecule has 0 N–H and O–H groups in total. The van der Waals surface area contributed by atoms with Crippen LogP contribution in [0, 0.1) is 0 Å². The van der Waals surface area contributed by atoms with Gasteiger partial charge in [-0.2, -0.15) is 4.31 Å². The summed E-state index contributed by atoms with van der Waals surface area (Å²) in [6.07, 6.45) is 3.05. The summed E-state index contributed by atoms with van der Waals surface area (Å²) in [5.41, 5.74) is 0. The summed E-state index contributed by atoms with van der Waals surface area (Å²) in [5.74, 6) is 0.119. The van der Waals surface area contributed by atoms with Crippen LogP contribution in [-0.4, -0.2) is 49.7 Å². The minimum Gasteiger partial charge on any atom is -0.341 e. The van der Waals surface area contributed by atoms with Crippen LogP contribution in [0.5, 0.6) is 0 Å². The van der Waals surface area contributed by atoms with Crippen LogP contribution in [-0.2, 0) is 14.8 Å². The van der Waals surface area contributed by atoms with E-state index in [1.165, 1.54) is 10.4 Å². The van der Waals surface area contributed by atoms with E-state index in [1.54, 1.807) is 23.1 Å². The number of unbranched alkanes of at least 4 members (excludes halogenated alkanes) is 1. The molecule has 7 heteroatoms. The van der Waals surface area contributed by atoms with Crippen molar-refractivity contribution in [3.05, 3.63) is 29.3 Å². The van der Waals surface area contributed by atoms with Crippen LogP contribution < -0.4 is 0 Å². The molecule has 0 aromatic heterocycles. The lowest BCUT2D eigenvalue weighted by Gasteiger charge is -2.22. The molecular formula is C16H23ClN2O3S. The quantitative estimate of drug-likeness (QED) is 0.813. The Morgan fingerprint density at radius 2 is 2.00 bits per heavy atom. The Balaban J connectivity index is 2.06. The zero-order valence-corrected chi connectivity index (χ0v) is 14.9. The molecule has 128 valence electrons. The first-order valence-corrected chi connectivity index (χ1v) is 9.80. The molecule has 1 aromatic carbocycles. The maximum atomic E-state index is 12.7. The average Bonchev–Trinajstić information content (AvgIpc) is 2.79. The van der Waals surface area contributed by atoms with Gasteiger partial charge in [0, 0.05) is 37.6 Å². The molecule has 1 fully saturated rings. The van der Waals surface area contributed by atoms with Crippen LogP contribution in [0.15, 0.2) is 29.2 Å². The number of benzene rings is 1. The van der Waals surface area contributed by atoms with Crippen molar-refractivity contribution >= 4 is 27.5 Å². The Morgan fingerprint density at radius 3 is 2.70 bits per heavy atom. The first kappa shape index (κ1) is 18.2. The lowest BCUT2D eigenvalue weighted by Crippen LogP contribution is -2.37. The molecule has 1 aliphatic heterocycles. The van der Waals surface area contributed by atoms with Gasteiger partial charge >= 0.3 is 0 Å². The molecule has 1 heterocycles. The monoisotopic (exact) mass is 358 g/mol. The fourth-order valence-electron chi connectivity index (χ4n) is 2.65. The van der Waals surface area contributed by atoms with Gasteiger partial charge in [-0.15, -0.1) is 0 Å². The largest absolute Gasteiger partial charge is 0.341 e. The van der Waals surface area contributed by atoms with Gasteiger partial charge < -0.3 is 4.90 Å². The summed E-state index contributed by atoms with van der Waals surface area (Å²) in [5, 5.41) is 0.400. The highest BCUT2D eigenvalue weighted by Gasteiger charge is 2.28. The second-order valence-corrected chi connectivity index (χ2v) is 8.07.